The van der Waals surface area contributed by atoms with Crippen LogP contribution >= 0.6 is 22.6 Å². The highest BCUT2D eigenvalue weighted by atomic mass is 127. The lowest BCUT2D eigenvalue weighted by Crippen LogP contribution is -2.24. The van der Waals surface area contributed by atoms with Crippen LogP contribution < -0.4 is 10.2 Å². The average molecular weight is 334 g/mol. The molecular formula is C11H12FIN2O. The van der Waals surface area contributed by atoms with Crippen LogP contribution in [0.2, 0.25) is 0 Å². The Morgan fingerprint density at radius 3 is 3.00 bits per heavy atom. The number of carbonyl (C=O) groups is 1. The fraction of sp³-hybridized carbons (Fsp3) is 0.364. The summed E-state index contributed by atoms with van der Waals surface area (Å²) >= 11 is 1.92. The number of hydrogen-bond donors (Lipinski definition) is 1. The summed E-state index contributed by atoms with van der Waals surface area (Å²) in [6.07, 6.45) is 0.445. The highest BCUT2D eigenvalue weighted by molar-refractivity contribution is 14.1. The number of nitrogens with zero attached hydrogens (tertiary/aromatic N) is 1. The van der Waals surface area contributed by atoms with Crippen LogP contribution in [0.1, 0.15) is 13.3 Å². The number of rotatable bonds is 1. The van der Waals surface area contributed by atoms with Crippen molar-refractivity contribution in [1.29, 1.82) is 0 Å². The standard InChI is InChI=1S/C11H12FIN2O/c1-2-15-4-3-11(16)14-9-6-8(13)7(12)5-10(9)15/h5-6H,2-4H2,1H3,(H,14,16). The fourth-order valence-corrected chi connectivity index (χ4v) is 2.26. The predicted octanol–water partition coefficient (Wildman–Crippen LogP) is 2.60. The number of hydrogen-bond acceptors (Lipinski definition) is 2. The predicted molar refractivity (Wildman–Crippen MR) is 70.3 cm³/mol. The van der Waals surface area contributed by atoms with E-state index in [0.717, 1.165) is 12.2 Å². The maximum absolute atomic E-state index is 13.5. The van der Waals surface area contributed by atoms with Crippen molar-refractivity contribution in [3.8, 4) is 0 Å². The second-order valence-corrected chi connectivity index (χ2v) is 4.82. The van der Waals surface area contributed by atoms with E-state index in [1.54, 1.807) is 6.07 Å². The van der Waals surface area contributed by atoms with Crippen molar-refractivity contribution in [2.45, 2.75) is 13.3 Å². The minimum atomic E-state index is -0.242. The zero-order chi connectivity index (χ0) is 11.7. The highest BCUT2D eigenvalue weighted by Gasteiger charge is 2.19. The van der Waals surface area contributed by atoms with Crippen molar-refractivity contribution in [3.05, 3.63) is 21.5 Å². The molecule has 1 aromatic rings. The summed E-state index contributed by atoms with van der Waals surface area (Å²) < 4.78 is 14.0. The molecule has 0 fully saturated rings. The number of fused-ring (bicyclic) bond motifs is 1. The molecule has 1 aliphatic heterocycles. The van der Waals surface area contributed by atoms with E-state index < -0.39 is 0 Å². The van der Waals surface area contributed by atoms with E-state index in [2.05, 4.69) is 5.32 Å². The van der Waals surface area contributed by atoms with Gasteiger partial charge in [0.25, 0.3) is 0 Å². The number of benzene rings is 1. The largest absolute Gasteiger partial charge is 0.370 e. The number of nitrogens with one attached hydrogen (secondary N) is 1. The van der Waals surface area contributed by atoms with Crippen molar-refractivity contribution in [3.63, 3.8) is 0 Å². The highest BCUT2D eigenvalue weighted by Crippen LogP contribution is 2.31. The second kappa shape index (κ2) is 4.57. The lowest BCUT2D eigenvalue weighted by Gasteiger charge is -2.22. The maximum atomic E-state index is 13.5. The maximum Gasteiger partial charge on any atom is 0.226 e. The molecule has 86 valence electrons. The Bertz CT molecular complexity index is 436. The first-order valence-corrected chi connectivity index (χ1v) is 6.23. The van der Waals surface area contributed by atoms with Crippen LogP contribution in [0.3, 0.4) is 0 Å². The van der Waals surface area contributed by atoms with Crippen LogP contribution in [0.5, 0.6) is 0 Å². The van der Waals surface area contributed by atoms with Crippen molar-refractivity contribution in [2.75, 3.05) is 23.3 Å². The van der Waals surface area contributed by atoms with Gasteiger partial charge >= 0.3 is 0 Å². The first kappa shape index (κ1) is 11.6. The summed E-state index contributed by atoms with van der Waals surface area (Å²) in [5.74, 6) is -0.256. The SMILES string of the molecule is CCN1CCC(=O)Nc2cc(I)c(F)cc21. The summed E-state index contributed by atoms with van der Waals surface area (Å²) in [6, 6.07) is 3.17. The zero-order valence-corrected chi connectivity index (χ0v) is 11.0. The van der Waals surface area contributed by atoms with E-state index in [0.29, 0.717) is 22.2 Å². The van der Waals surface area contributed by atoms with E-state index in [1.165, 1.54) is 6.07 Å². The molecule has 1 heterocycles. The molecule has 0 spiro atoms. The quantitative estimate of drug-likeness (QED) is 0.801. The smallest absolute Gasteiger partial charge is 0.226 e. The van der Waals surface area contributed by atoms with Gasteiger partial charge in [-0.3, -0.25) is 4.79 Å². The Kier molecular flexibility index (Phi) is 3.32. The molecule has 3 nitrogen and oxygen atoms in total. The van der Waals surface area contributed by atoms with E-state index in [-0.39, 0.29) is 11.7 Å². The third-order valence-electron chi connectivity index (χ3n) is 2.64. The van der Waals surface area contributed by atoms with Gasteiger partial charge in [0, 0.05) is 25.6 Å². The Balaban J connectivity index is 2.51. The van der Waals surface area contributed by atoms with Gasteiger partial charge in [-0.15, -0.1) is 0 Å². The molecule has 1 aliphatic rings. The van der Waals surface area contributed by atoms with Crippen molar-refractivity contribution >= 4 is 39.9 Å². The van der Waals surface area contributed by atoms with Crippen LogP contribution in [-0.4, -0.2) is 19.0 Å². The molecule has 0 atom stereocenters. The molecule has 0 saturated carbocycles. The number of anilines is 2. The third-order valence-corrected chi connectivity index (χ3v) is 3.47. The molecule has 1 N–H and O–H groups in total. The van der Waals surface area contributed by atoms with Crippen LogP contribution in [0.15, 0.2) is 12.1 Å². The molecule has 0 aromatic heterocycles. The Morgan fingerprint density at radius 1 is 1.56 bits per heavy atom. The van der Waals surface area contributed by atoms with E-state index in [1.807, 2.05) is 34.4 Å². The van der Waals surface area contributed by atoms with Crippen LogP contribution in [-0.2, 0) is 4.79 Å². The average Bonchev–Trinajstić information content (AvgIpc) is 2.38. The summed E-state index contributed by atoms with van der Waals surface area (Å²) in [6.45, 7) is 3.40. The van der Waals surface area contributed by atoms with Gasteiger partial charge in [-0.2, -0.15) is 0 Å². The number of amides is 1. The number of halogens is 2. The van der Waals surface area contributed by atoms with Gasteiger partial charge in [0.2, 0.25) is 5.91 Å². The molecule has 16 heavy (non-hydrogen) atoms. The zero-order valence-electron chi connectivity index (χ0n) is 8.89. The van der Waals surface area contributed by atoms with E-state index in [9.17, 15) is 9.18 Å². The van der Waals surface area contributed by atoms with Gasteiger partial charge in [0.15, 0.2) is 0 Å². The molecule has 1 aromatic carbocycles. The topological polar surface area (TPSA) is 32.3 Å². The summed E-state index contributed by atoms with van der Waals surface area (Å²) in [7, 11) is 0. The van der Waals surface area contributed by atoms with Gasteiger partial charge in [0.1, 0.15) is 5.82 Å². The summed E-state index contributed by atoms with van der Waals surface area (Å²) in [5, 5.41) is 2.80. The lowest BCUT2D eigenvalue weighted by molar-refractivity contribution is -0.115. The lowest BCUT2D eigenvalue weighted by atomic mass is 10.2. The van der Waals surface area contributed by atoms with E-state index >= 15 is 0 Å². The molecule has 1 amide bonds. The van der Waals surface area contributed by atoms with Crippen LogP contribution in [0.25, 0.3) is 0 Å². The van der Waals surface area contributed by atoms with Crippen molar-refractivity contribution < 1.29 is 9.18 Å². The molecule has 0 saturated heterocycles. The minimum Gasteiger partial charge on any atom is -0.370 e. The molecule has 5 heteroatoms. The van der Waals surface area contributed by atoms with Gasteiger partial charge in [-0.1, -0.05) is 0 Å². The van der Waals surface area contributed by atoms with Gasteiger partial charge in [-0.05, 0) is 35.6 Å². The third kappa shape index (κ3) is 2.14. The Morgan fingerprint density at radius 2 is 2.31 bits per heavy atom. The minimum absolute atomic E-state index is 0.0143. The Hall–Kier alpha value is -0.850. The van der Waals surface area contributed by atoms with Crippen molar-refractivity contribution in [1.82, 2.24) is 0 Å². The first-order chi connectivity index (χ1) is 7.61. The Labute approximate surface area is 107 Å². The summed E-state index contributed by atoms with van der Waals surface area (Å²) in [5.41, 5.74) is 1.47. The molecule has 0 radical (unpaired) electrons. The second-order valence-electron chi connectivity index (χ2n) is 3.66. The molecule has 0 bridgehead atoms. The summed E-state index contributed by atoms with van der Waals surface area (Å²) in [4.78, 5) is 13.5. The normalized spacial score (nSPS) is 15.4. The van der Waals surface area contributed by atoms with Crippen molar-refractivity contribution in [2.24, 2.45) is 0 Å². The first-order valence-electron chi connectivity index (χ1n) is 5.15. The van der Waals surface area contributed by atoms with Gasteiger partial charge in [0.05, 0.1) is 14.9 Å². The van der Waals surface area contributed by atoms with Crippen LogP contribution in [0.4, 0.5) is 15.8 Å². The monoisotopic (exact) mass is 334 g/mol. The fourth-order valence-electron chi connectivity index (χ4n) is 1.80. The number of carbonyl (C=O) groups excluding carboxylic acids is 1. The van der Waals surface area contributed by atoms with Gasteiger partial charge in [-0.25, -0.2) is 4.39 Å². The van der Waals surface area contributed by atoms with Crippen LogP contribution in [0, 0.1) is 9.39 Å². The molecule has 0 unspecified atom stereocenters. The van der Waals surface area contributed by atoms with E-state index in [4.69, 9.17) is 0 Å². The molecule has 2 rings (SSSR count). The molecule has 0 aliphatic carbocycles. The van der Waals surface area contributed by atoms with Gasteiger partial charge < -0.3 is 10.2 Å². The molecular weight excluding hydrogens is 322 g/mol.